The summed E-state index contributed by atoms with van der Waals surface area (Å²) in [5.74, 6) is -2.47. The van der Waals surface area contributed by atoms with Gasteiger partial charge < -0.3 is 29.9 Å². The van der Waals surface area contributed by atoms with E-state index in [1.165, 1.54) is 64.2 Å². The van der Waals surface area contributed by atoms with Crippen LogP contribution in [0.3, 0.4) is 0 Å². The number of epoxide rings is 1. The molecule has 0 radical (unpaired) electrons. The number of allylic oxidation sites excluding steroid dienone is 7. The molecule has 0 aromatic carbocycles. The molecule has 3 unspecified atom stereocenters. The summed E-state index contributed by atoms with van der Waals surface area (Å²) in [5, 5.41) is 8.89. The largest absolute Gasteiger partial charge is 0.480 e. The van der Waals surface area contributed by atoms with Gasteiger partial charge in [0.25, 0.3) is 0 Å². The number of esters is 2. The summed E-state index contributed by atoms with van der Waals surface area (Å²) in [6.45, 7) is 2.69. The lowest BCUT2D eigenvalue weighted by atomic mass is 10.1. The molecule has 5 atom stereocenters. The highest BCUT2D eigenvalue weighted by atomic mass is 31.2. The fourth-order valence-electron chi connectivity index (χ4n) is 5.91. The molecule has 1 saturated heterocycles. The first-order valence-corrected chi connectivity index (χ1v) is 23.3. The Balaban J connectivity index is 2.33. The van der Waals surface area contributed by atoms with Crippen molar-refractivity contribution in [1.29, 1.82) is 0 Å². The summed E-state index contributed by atoms with van der Waals surface area (Å²) in [6, 6.07) is -1.53. The molecular weight excluding hydrogens is 749 g/mol. The van der Waals surface area contributed by atoms with Crippen LogP contribution >= 0.6 is 7.82 Å². The SMILES string of the molecule is CCCCCCCC/C=C\C/C=C\C/C=C\CCCC(=O)OC[C@H](COP(=O)(O)OC[C@H](N)C(=O)O)OC(=O)CCCCCCC/C=C\CC1OC1CCCCC. The normalized spacial score (nSPS) is 17.8. The molecule has 1 aliphatic heterocycles. The quantitative estimate of drug-likeness (QED) is 0.0175. The van der Waals surface area contributed by atoms with Crippen LogP contribution in [0.5, 0.6) is 0 Å². The Labute approximate surface area is 343 Å². The number of carbonyl (C=O) groups excluding carboxylic acids is 2. The minimum atomic E-state index is -4.74. The molecule has 0 saturated carbocycles. The number of phosphoric ester groups is 1. The Morgan fingerprint density at radius 1 is 0.649 bits per heavy atom. The second-order valence-electron chi connectivity index (χ2n) is 14.9. The van der Waals surface area contributed by atoms with Crippen molar-refractivity contribution in [3.8, 4) is 0 Å². The topological polar surface area (TPSA) is 184 Å². The van der Waals surface area contributed by atoms with E-state index >= 15 is 0 Å². The van der Waals surface area contributed by atoms with Crippen molar-refractivity contribution in [3.05, 3.63) is 48.6 Å². The lowest BCUT2D eigenvalue weighted by molar-refractivity contribution is -0.161. The third kappa shape index (κ3) is 33.0. The number of carbonyl (C=O) groups is 3. The molecule has 13 heteroatoms. The highest BCUT2D eigenvalue weighted by molar-refractivity contribution is 7.47. The fourth-order valence-corrected chi connectivity index (χ4v) is 6.69. The predicted molar refractivity (Wildman–Crippen MR) is 226 cm³/mol. The van der Waals surface area contributed by atoms with E-state index in [0.29, 0.717) is 31.5 Å². The first-order valence-electron chi connectivity index (χ1n) is 21.8. The lowest BCUT2D eigenvalue weighted by Gasteiger charge is -2.20. The number of rotatable bonds is 39. The van der Waals surface area contributed by atoms with E-state index in [-0.39, 0.29) is 19.4 Å². The number of hydrogen-bond donors (Lipinski definition) is 3. The number of hydrogen-bond acceptors (Lipinski definition) is 10. The van der Waals surface area contributed by atoms with E-state index in [1.807, 2.05) is 6.08 Å². The van der Waals surface area contributed by atoms with Crippen LogP contribution in [0.15, 0.2) is 48.6 Å². The Bertz CT molecular complexity index is 1220. The maximum Gasteiger partial charge on any atom is 0.472 e. The van der Waals surface area contributed by atoms with Gasteiger partial charge in [0.2, 0.25) is 0 Å². The minimum Gasteiger partial charge on any atom is -0.480 e. The lowest BCUT2D eigenvalue weighted by Crippen LogP contribution is -2.34. The van der Waals surface area contributed by atoms with Crippen LogP contribution < -0.4 is 5.73 Å². The maximum absolute atomic E-state index is 12.6. The summed E-state index contributed by atoms with van der Waals surface area (Å²) in [6.07, 6.45) is 40.7. The van der Waals surface area contributed by atoms with Gasteiger partial charge in [0.05, 0.1) is 25.4 Å². The molecule has 0 amide bonds. The first kappa shape index (κ1) is 52.4. The Hall–Kier alpha value is -2.60. The van der Waals surface area contributed by atoms with Crippen molar-refractivity contribution in [3.63, 3.8) is 0 Å². The predicted octanol–water partition coefficient (Wildman–Crippen LogP) is 10.4. The van der Waals surface area contributed by atoms with Crippen molar-refractivity contribution in [2.75, 3.05) is 19.8 Å². The zero-order valence-corrected chi connectivity index (χ0v) is 36.0. The molecule has 0 aromatic heterocycles. The van der Waals surface area contributed by atoms with Gasteiger partial charge >= 0.3 is 25.7 Å². The van der Waals surface area contributed by atoms with Gasteiger partial charge in [0.15, 0.2) is 6.10 Å². The van der Waals surface area contributed by atoms with Gasteiger partial charge in [0, 0.05) is 12.8 Å². The third-order valence-electron chi connectivity index (χ3n) is 9.47. The molecule has 1 aliphatic rings. The van der Waals surface area contributed by atoms with Crippen LogP contribution in [-0.4, -0.2) is 72.1 Å². The molecule has 57 heavy (non-hydrogen) atoms. The van der Waals surface area contributed by atoms with Gasteiger partial charge in [-0.1, -0.05) is 133 Å². The van der Waals surface area contributed by atoms with Crippen LogP contribution in [0.2, 0.25) is 0 Å². The minimum absolute atomic E-state index is 0.128. The van der Waals surface area contributed by atoms with Crippen molar-refractivity contribution in [1.82, 2.24) is 0 Å². The summed E-state index contributed by atoms with van der Waals surface area (Å²) in [5.41, 5.74) is 5.33. The van der Waals surface area contributed by atoms with Gasteiger partial charge in [-0.05, 0) is 70.6 Å². The number of nitrogens with two attached hydrogens (primary N) is 1. The van der Waals surface area contributed by atoms with Crippen molar-refractivity contribution in [2.45, 2.75) is 192 Å². The summed E-state index contributed by atoms with van der Waals surface area (Å²) in [4.78, 5) is 45.9. The summed E-state index contributed by atoms with van der Waals surface area (Å²) < 4.78 is 38.4. The Kier molecular flexibility index (Phi) is 32.5. The van der Waals surface area contributed by atoms with Gasteiger partial charge in [-0.3, -0.25) is 23.4 Å². The molecule has 328 valence electrons. The maximum atomic E-state index is 12.6. The average Bonchev–Trinajstić information content (AvgIpc) is 3.94. The molecule has 0 spiro atoms. The molecule has 4 N–H and O–H groups in total. The highest BCUT2D eigenvalue weighted by Gasteiger charge is 2.36. The van der Waals surface area contributed by atoms with E-state index in [1.54, 1.807) is 0 Å². The van der Waals surface area contributed by atoms with E-state index in [4.69, 9.17) is 29.6 Å². The standard InChI is InChI=1S/C44H76NO11P/c1-3-5-7-8-9-10-11-12-13-14-15-16-17-18-22-25-29-33-42(46)52-35-38(36-53-57(50,51)54-37-39(45)44(48)49)55-43(47)34-30-26-23-20-19-21-24-28-32-41-40(56-41)31-27-6-4-2/h12-13,15-16,18,22,24,28,38-41H,3-11,14,17,19-21,23,25-27,29-37,45H2,1-2H3,(H,48,49)(H,50,51)/b13-12-,16-15-,22-18-,28-24-/t38-,39+,40?,41?/m1/s1. The molecule has 12 nitrogen and oxygen atoms in total. The molecule has 1 fully saturated rings. The summed E-state index contributed by atoms with van der Waals surface area (Å²) in [7, 11) is -4.74. The number of aliphatic carboxylic acids is 1. The van der Waals surface area contributed by atoms with Crippen LogP contribution in [0.25, 0.3) is 0 Å². The molecule has 1 heterocycles. The molecular formula is C44H76NO11P. The molecule has 1 rings (SSSR count). The van der Waals surface area contributed by atoms with E-state index in [2.05, 4.69) is 60.9 Å². The van der Waals surface area contributed by atoms with Crippen molar-refractivity contribution in [2.24, 2.45) is 5.73 Å². The van der Waals surface area contributed by atoms with Crippen molar-refractivity contribution < 1.29 is 52.2 Å². The molecule has 0 bridgehead atoms. The first-order chi connectivity index (χ1) is 27.6. The van der Waals surface area contributed by atoms with Gasteiger partial charge in [0.1, 0.15) is 12.6 Å². The van der Waals surface area contributed by atoms with Crippen LogP contribution in [0.1, 0.15) is 168 Å². The number of unbranched alkanes of at least 4 members (excludes halogenated alkanes) is 14. The zero-order valence-electron chi connectivity index (χ0n) is 35.1. The zero-order chi connectivity index (χ0) is 41.8. The summed E-state index contributed by atoms with van der Waals surface area (Å²) >= 11 is 0. The van der Waals surface area contributed by atoms with E-state index < -0.39 is 51.1 Å². The smallest absolute Gasteiger partial charge is 0.472 e. The molecule has 0 aliphatic carbocycles. The van der Waals surface area contributed by atoms with E-state index in [0.717, 1.165) is 57.8 Å². The number of carboxylic acids is 1. The fraction of sp³-hybridized carbons (Fsp3) is 0.750. The average molecular weight is 826 g/mol. The van der Waals surface area contributed by atoms with Gasteiger partial charge in [-0.15, -0.1) is 0 Å². The monoisotopic (exact) mass is 826 g/mol. The van der Waals surface area contributed by atoms with E-state index in [9.17, 15) is 23.8 Å². The third-order valence-corrected chi connectivity index (χ3v) is 10.4. The van der Waals surface area contributed by atoms with Gasteiger partial charge in [-0.2, -0.15) is 0 Å². The van der Waals surface area contributed by atoms with Crippen LogP contribution in [-0.2, 0) is 42.2 Å². The van der Waals surface area contributed by atoms with Gasteiger partial charge in [-0.25, -0.2) is 4.57 Å². The molecule has 0 aromatic rings. The van der Waals surface area contributed by atoms with Crippen molar-refractivity contribution >= 4 is 25.7 Å². The number of ether oxygens (including phenoxy) is 3. The number of phosphoric acid groups is 1. The number of carboxylic acid groups (broad SMARTS) is 1. The second-order valence-corrected chi connectivity index (χ2v) is 16.3. The Morgan fingerprint density at radius 3 is 1.82 bits per heavy atom. The van der Waals surface area contributed by atoms with Crippen LogP contribution in [0, 0.1) is 0 Å². The van der Waals surface area contributed by atoms with Crippen LogP contribution in [0.4, 0.5) is 0 Å². The highest BCUT2D eigenvalue weighted by Crippen LogP contribution is 2.43. The Morgan fingerprint density at radius 2 is 1.18 bits per heavy atom. The second kappa shape index (κ2) is 35.4.